The number of aromatic nitrogens is 1. The molecule has 1 N–H and O–H groups in total. The Hall–Kier alpha value is -1.45. The first kappa shape index (κ1) is 14.5. The number of fused-ring (bicyclic) bond motifs is 1. The van der Waals surface area contributed by atoms with Crippen LogP contribution < -0.4 is 5.32 Å². The van der Waals surface area contributed by atoms with E-state index in [0.29, 0.717) is 0 Å². The lowest BCUT2D eigenvalue weighted by molar-refractivity contribution is 0.324. The van der Waals surface area contributed by atoms with Crippen molar-refractivity contribution in [1.29, 1.82) is 0 Å². The van der Waals surface area contributed by atoms with E-state index in [2.05, 4.69) is 55.4 Å². The van der Waals surface area contributed by atoms with E-state index in [4.69, 9.17) is 4.98 Å². The fourth-order valence-electron chi connectivity index (χ4n) is 2.81. The predicted octanol–water partition coefficient (Wildman–Crippen LogP) is 3.04. The summed E-state index contributed by atoms with van der Waals surface area (Å²) in [6.07, 6.45) is 2.72. The quantitative estimate of drug-likeness (QED) is 0.883. The van der Waals surface area contributed by atoms with Gasteiger partial charge >= 0.3 is 0 Å². The van der Waals surface area contributed by atoms with Crippen molar-refractivity contribution in [2.75, 3.05) is 20.1 Å². The van der Waals surface area contributed by atoms with E-state index in [1.807, 2.05) is 0 Å². The van der Waals surface area contributed by atoms with Crippen molar-refractivity contribution in [1.82, 2.24) is 15.2 Å². The molecule has 112 valence electrons. The lowest BCUT2D eigenvalue weighted by atomic mass is 10.0. The van der Waals surface area contributed by atoms with Crippen LogP contribution in [0, 0.1) is 13.8 Å². The number of likely N-dealkylation sites (N-methyl/N-ethyl adjacent to an activating group) is 1. The van der Waals surface area contributed by atoms with Gasteiger partial charge < -0.3 is 10.2 Å². The fourth-order valence-corrected chi connectivity index (χ4v) is 2.81. The van der Waals surface area contributed by atoms with Crippen molar-refractivity contribution in [3.8, 4) is 0 Å². The minimum Gasteiger partial charge on any atom is -0.313 e. The van der Waals surface area contributed by atoms with Gasteiger partial charge in [-0.1, -0.05) is 18.2 Å². The van der Waals surface area contributed by atoms with Gasteiger partial charge in [0, 0.05) is 36.8 Å². The highest BCUT2D eigenvalue weighted by molar-refractivity contribution is 5.83. The van der Waals surface area contributed by atoms with Crippen molar-refractivity contribution < 1.29 is 0 Å². The molecule has 0 bridgehead atoms. The molecule has 2 aromatic rings. The van der Waals surface area contributed by atoms with Crippen LogP contribution in [0.15, 0.2) is 24.3 Å². The number of rotatable bonds is 6. The van der Waals surface area contributed by atoms with Gasteiger partial charge in [0.05, 0.1) is 5.52 Å². The molecular weight excluding hydrogens is 258 g/mol. The lowest BCUT2D eigenvalue weighted by Crippen LogP contribution is -2.30. The number of benzene rings is 1. The Balaban J connectivity index is 1.76. The van der Waals surface area contributed by atoms with Crippen molar-refractivity contribution in [3.63, 3.8) is 0 Å². The Kier molecular flexibility index (Phi) is 4.22. The molecule has 0 radical (unpaired) electrons. The molecule has 0 saturated heterocycles. The molecule has 3 heteroatoms. The molecule has 21 heavy (non-hydrogen) atoms. The molecule has 0 amide bonds. The molecule has 0 aliphatic heterocycles. The summed E-state index contributed by atoms with van der Waals surface area (Å²) in [6.45, 7) is 7.47. The third-order valence-electron chi connectivity index (χ3n) is 4.44. The first-order valence-corrected chi connectivity index (χ1v) is 7.92. The molecule has 0 atom stereocenters. The summed E-state index contributed by atoms with van der Waals surface area (Å²) in [4.78, 5) is 7.11. The second kappa shape index (κ2) is 6.12. The van der Waals surface area contributed by atoms with E-state index in [-0.39, 0.29) is 0 Å². The number of hydrogen-bond acceptors (Lipinski definition) is 3. The normalized spacial score (nSPS) is 15.0. The maximum absolute atomic E-state index is 4.71. The highest BCUT2D eigenvalue weighted by Gasteiger charge is 2.20. The van der Waals surface area contributed by atoms with Crippen molar-refractivity contribution in [3.05, 3.63) is 41.1 Å². The largest absolute Gasteiger partial charge is 0.313 e. The van der Waals surface area contributed by atoms with Crippen LogP contribution in [0.25, 0.3) is 10.9 Å². The first-order chi connectivity index (χ1) is 10.1. The first-order valence-electron chi connectivity index (χ1n) is 7.92. The lowest BCUT2D eigenvalue weighted by Gasteiger charge is -2.20. The Morgan fingerprint density at radius 3 is 2.76 bits per heavy atom. The standard InChI is InChI=1S/C18H25N3/c1-13-14(2)20-18-7-5-4-6-16(18)17(13)12-21(3)11-10-19-15-8-9-15/h4-7,15,19H,8-12H2,1-3H3. The summed E-state index contributed by atoms with van der Waals surface area (Å²) in [5.41, 5.74) is 5.01. The van der Waals surface area contributed by atoms with Crippen LogP contribution >= 0.6 is 0 Å². The van der Waals surface area contributed by atoms with Gasteiger partial charge in [-0.2, -0.15) is 0 Å². The van der Waals surface area contributed by atoms with Gasteiger partial charge in [-0.3, -0.25) is 4.98 Å². The van der Waals surface area contributed by atoms with E-state index in [9.17, 15) is 0 Å². The van der Waals surface area contributed by atoms with Gasteiger partial charge in [0.15, 0.2) is 0 Å². The molecular formula is C18H25N3. The summed E-state index contributed by atoms with van der Waals surface area (Å²) in [5, 5.41) is 4.88. The van der Waals surface area contributed by atoms with Crippen LogP contribution in [-0.4, -0.2) is 36.1 Å². The second-order valence-corrected chi connectivity index (χ2v) is 6.28. The minimum atomic E-state index is 0.795. The van der Waals surface area contributed by atoms with Crippen molar-refractivity contribution in [2.45, 2.75) is 39.3 Å². The van der Waals surface area contributed by atoms with Crippen LogP contribution in [0.1, 0.15) is 29.7 Å². The average molecular weight is 283 g/mol. The van der Waals surface area contributed by atoms with Gasteiger partial charge in [-0.15, -0.1) is 0 Å². The molecule has 1 aliphatic rings. The van der Waals surface area contributed by atoms with Crippen LogP contribution in [0.5, 0.6) is 0 Å². The number of para-hydroxylation sites is 1. The molecule has 0 spiro atoms. The summed E-state index contributed by atoms with van der Waals surface area (Å²) in [7, 11) is 2.21. The van der Waals surface area contributed by atoms with Gasteiger partial charge in [-0.25, -0.2) is 0 Å². The van der Waals surface area contributed by atoms with Gasteiger partial charge in [0.2, 0.25) is 0 Å². The Labute approximate surface area is 127 Å². The van der Waals surface area contributed by atoms with Crippen molar-refractivity contribution in [2.24, 2.45) is 0 Å². The van der Waals surface area contributed by atoms with Crippen LogP contribution in [0.4, 0.5) is 0 Å². The van der Waals surface area contributed by atoms with E-state index in [1.54, 1.807) is 0 Å². The van der Waals surface area contributed by atoms with Crippen LogP contribution in [0.3, 0.4) is 0 Å². The van der Waals surface area contributed by atoms with Crippen LogP contribution in [-0.2, 0) is 6.54 Å². The molecule has 1 saturated carbocycles. The highest BCUT2D eigenvalue weighted by Crippen LogP contribution is 2.24. The van der Waals surface area contributed by atoms with Crippen LogP contribution in [0.2, 0.25) is 0 Å². The number of aryl methyl sites for hydroxylation is 1. The summed E-state index contributed by atoms with van der Waals surface area (Å²) in [6, 6.07) is 9.28. The monoisotopic (exact) mass is 283 g/mol. The van der Waals surface area contributed by atoms with Gasteiger partial charge in [-0.05, 0) is 50.9 Å². The molecule has 1 heterocycles. The maximum atomic E-state index is 4.71. The zero-order chi connectivity index (χ0) is 14.8. The molecule has 3 nitrogen and oxygen atoms in total. The fraction of sp³-hybridized carbons (Fsp3) is 0.500. The van der Waals surface area contributed by atoms with Crippen molar-refractivity contribution >= 4 is 10.9 Å². The molecule has 1 fully saturated rings. The molecule has 1 aliphatic carbocycles. The molecule has 0 unspecified atom stereocenters. The zero-order valence-corrected chi connectivity index (χ0v) is 13.3. The van der Waals surface area contributed by atoms with E-state index >= 15 is 0 Å². The van der Waals surface area contributed by atoms with Gasteiger partial charge in [0.25, 0.3) is 0 Å². The molecule has 1 aromatic carbocycles. The summed E-state index contributed by atoms with van der Waals surface area (Å²) < 4.78 is 0. The third-order valence-corrected chi connectivity index (χ3v) is 4.44. The Bertz CT molecular complexity index is 632. The zero-order valence-electron chi connectivity index (χ0n) is 13.3. The SMILES string of the molecule is Cc1nc2ccccc2c(CN(C)CCNC2CC2)c1C. The highest BCUT2D eigenvalue weighted by atomic mass is 15.1. The number of pyridine rings is 1. The number of nitrogens with one attached hydrogen (secondary N) is 1. The predicted molar refractivity (Wildman–Crippen MR) is 88.6 cm³/mol. The Morgan fingerprint density at radius 1 is 1.24 bits per heavy atom. The Morgan fingerprint density at radius 2 is 2.00 bits per heavy atom. The summed E-state index contributed by atoms with van der Waals surface area (Å²) in [5.74, 6) is 0. The average Bonchev–Trinajstić information content (AvgIpc) is 3.28. The van der Waals surface area contributed by atoms with E-state index < -0.39 is 0 Å². The second-order valence-electron chi connectivity index (χ2n) is 6.28. The van der Waals surface area contributed by atoms with E-state index in [1.165, 1.54) is 29.4 Å². The third kappa shape index (κ3) is 3.42. The molecule has 1 aromatic heterocycles. The number of nitrogens with zero attached hydrogens (tertiary/aromatic N) is 2. The smallest absolute Gasteiger partial charge is 0.0708 e. The maximum Gasteiger partial charge on any atom is 0.0708 e. The topological polar surface area (TPSA) is 28.2 Å². The molecule has 3 rings (SSSR count). The summed E-state index contributed by atoms with van der Waals surface area (Å²) >= 11 is 0. The van der Waals surface area contributed by atoms with E-state index in [0.717, 1.165) is 36.9 Å². The van der Waals surface area contributed by atoms with Gasteiger partial charge in [0.1, 0.15) is 0 Å². The number of hydrogen-bond donors (Lipinski definition) is 1. The minimum absolute atomic E-state index is 0.795.